The van der Waals surface area contributed by atoms with Crippen LogP contribution in [-0.4, -0.2) is 60.8 Å². The Morgan fingerprint density at radius 2 is 1.64 bits per heavy atom. The number of hydrogen-bond acceptors (Lipinski definition) is 4. The zero-order valence-corrected chi connectivity index (χ0v) is 14.5. The molecule has 0 aromatic carbocycles. The number of piperidine rings is 1. The smallest absolute Gasteiger partial charge is 0.444 e. The average molecular weight is 367 g/mol. The third-order valence-corrected chi connectivity index (χ3v) is 3.56. The summed E-state index contributed by atoms with van der Waals surface area (Å²) in [5.41, 5.74) is -0.660. The summed E-state index contributed by atoms with van der Waals surface area (Å²) in [5.74, 6) is -2.36. The van der Waals surface area contributed by atoms with Gasteiger partial charge in [-0.3, -0.25) is 9.59 Å². The molecule has 7 nitrogen and oxygen atoms in total. The Balaban J connectivity index is 2.28. The van der Waals surface area contributed by atoms with Gasteiger partial charge >= 0.3 is 18.2 Å². The number of ether oxygens (including phenoxy) is 1. The number of carbonyl (C=O) groups excluding carboxylic acids is 3. The predicted molar refractivity (Wildman–Crippen MR) is 82.6 cm³/mol. The molecule has 2 N–H and O–H groups in total. The molecule has 1 aliphatic heterocycles. The van der Waals surface area contributed by atoms with Crippen LogP contribution in [0, 0.1) is 5.92 Å². The first-order chi connectivity index (χ1) is 11.4. The van der Waals surface area contributed by atoms with Crippen molar-refractivity contribution in [3.05, 3.63) is 0 Å². The van der Waals surface area contributed by atoms with Crippen LogP contribution in [0.5, 0.6) is 0 Å². The van der Waals surface area contributed by atoms with Crippen molar-refractivity contribution in [2.45, 2.75) is 45.4 Å². The number of likely N-dealkylation sites (tertiary alicyclic amines) is 1. The summed E-state index contributed by atoms with van der Waals surface area (Å²) in [7, 11) is 0. The lowest BCUT2D eigenvalue weighted by molar-refractivity contribution is -0.173. The van der Waals surface area contributed by atoms with Gasteiger partial charge in [-0.25, -0.2) is 4.79 Å². The van der Waals surface area contributed by atoms with Gasteiger partial charge in [0.2, 0.25) is 5.91 Å². The van der Waals surface area contributed by atoms with E-state index in [1.54, 1.807) is 20.8 Å². The molecule has 1 aliphatic rings. The SMILES string of the molecule is CC(C)(C)OC(=O)NCC(=O)N1CCC(CNC(=O)C(F)(F)F)CC1. The summed E-state index contributed by atoms with van der Waals surface area (Å²) in [5, 5.41) is 4.23. The molecular formula is C15H24F3N3O4. The van der Waals surface area contributed by atoms with Gasteiger partial charge in [0.1, 0.15) is 12.1 Å². The highest BCUT2D eigenvalue weighted by molar-refractivity contribution is 5.82. The summed E-state index contributed by atoms with van der Waals surface area (Å²) in [4.78, 5) is 35.8. The summed E-state index contributed by atoms with van der Waals surface area (Å²) in [6.07, 6.45) is -4.61. The van der Waals surface area contributed by atoms with E-state index in [0.29, 0.717) is 25.9 Å². The number of hydrogen-bond donors (Lipinski definition) is 2. The molecule has 10 heteroatoms. The van der Waals surface area contributed by atoms with Crippen LogP contribution in [0.4, 0.5) is 18.0 Å². The van der Waals surface area contributed by atoms with Crippen LogP contribution in [0.3, 0.4) is 0 Å². The van der Waals surface area contributed by atoms with Crippen LogP contribution in [0.15, 0.2) is 0 Å². The Morgan fingerprint density at radius 1 is 1.08 bits per heavy atom. The fourth-order valence-electron chi connectivity index (χ4n) is 2.30. The number of rotatable bonds is 4. The molecule has 1 saturated heterocycles. The van der Waals surface area contributed by atoms with Gasteiger partial charge in [0.25, 0.3) is 0 Å². The van der Waals surface area contributed by atoms with Crippen molar-refractivity contribution in [1.82, 2.24) is 15.5 Å². The van der Waals surface area contributed by atoms with Crippen LogP contribution in [0.25, 0.3) is 0 Å². The van der Waals surface area contributed by atoms with Crippen LogP contribution < -0.4 is 10.6 Å². The molecule has 0 spiro atoms. The number of nitrogens with one attached hydrogen (secondary N) is 2. The molecule has 0 saturated carbocycles. The molecule has 0 aromatic heterocycles. The minimum atomic E-state index is -4.88. The van der Waals surface area contributed by atoms with Gasteiger partial charge in [-0.2, -0.15) is 13.2 Å². The molecule has 1 heterocycles. The van der Waals surface area contributed by atoms with E-state index < -0.39 is 23.8 Å². The quantitative estimate of drug-likeness (QED) is 0.787. The van der Waals surface area contributed by atoms with E-state index >= 15 is 0 Å². The first-order valence-electron chi connectivity index (χ1n) is 7.98. The van der Waals surface area contributed by atoms with Crippen molar-refractivity contribution in [2.75, 3.05) is 26.2 Å². The highest BCUT2D eigenvalue weighted by atomic mass is 19.4. The van der Waals surface area contributed by atoms with Crippen molar-refractivity contribution in [1.29, 1.82) is 0 Å². The molecule has 1 rings (SSSR count). The molecule has 0 aliphatic carbocycles. The van der Waals surface area contributed by atoms with Crippen LogP contribution in [0.2, 0.25) is 0 Å². The monoisotopic (exact) mass is 367 g/mol. The van der Waals surface area contributed by atoms with Gasteiger partial charge in [0.15, 0.2) is 0 Å². The number of nitrogens with zero attached hydrogens (tertiary/aromatic N) is 1. The fraction of sp³-hybridized carbons (Fsp3) is 0.800. The summed E-state index contributed by atoms with van der Waals surface area (Å²) < 4.78 is 41.4. The lowest BCUT2D eigenvalue weighted by Crippen LogP contribution is -2.47. The molecule has 25 heavy (non-hydrogen) atoms. The number of alkyl carbamates (subject to hydrolysis) is 1. The van der Waals surface area contributed by atoms with Crippen LogP contribution >= 0.6 is 0 Å². The summed E-state index contributed by atoms with van der Waals surface area (Å²) in [6, 6.07) is 0. The fourth-order valence-corrected chi connectivity index (χ4v) is 2.30. The maximum atomic E-state index is 12.1. The van der Waals surface area contributed by atoms with Crippen molar-refractivity contribution in [2.24, 2.45) is 5.92 Å². The van der Waals surface area contributed by atoms with Crippen molar-refractivity contribution in [3.8, 4) is 0 Å². The first kappa shape index (κ1) is 21.0. The molecule has 0 unspecified atom stereocenters. The van der Waals surface area contributed by atoms with Gasteiger partial charge in [-0.05, 0) is 39.5 Å². The minimum Gasteiger partial charge on any atom is -0.444 e. The number of carbonyl (C=O) groups is 3. The summed E-state index contributed by atoms with van der Waals surface area (Å²) >= 11 is 0. The van der Waals surface area contributed by atoms with Gasteiger partial charge in [0.05, 0.1) is 0 Å². The molecule has 0 bridgehead atoms. The minimum absolute atomic E-state index is 0.0729. The molecule has 0 radical (unpaired) electrons. The Bertz CT molecular complexity index is 495. The second-order valence-corrected chi connectivity index (χ2v) is 6.89. The second kappa shape index (κ2) is 8.39. The largest absolute Gasteiger partial charge is 0.471 e. The van der Waals surface area contributed by atoms with E-state index in [4.69, 9.17) is 4.74 Å². The van der Waals surface area contributed by atoms with Crippen LogP contribution in [-0.2, 0) is 14.3 Å². The average Bonchev–Trinajstić information content (AvgIpc) is 2.48. The van der Waals surface area contributed by atoms with Crippen LogP contribution in [0.1, 0.15) is 33.6 Å². The van der Waals surface area contributed by atoms with Gasteiger partial charge in [-0.15, -0.1) is 0 Å². The molecule has 3 amide bonds. The molecule has 0 atom stereocenters. The van der Waals surface area contributed by atoms with Gasteiger partial charge < -0.3 is 20.3 Å². The number of alkyl halides is 3. The van der Waals surface area contributed by atoms with Crippen molar-refractivity contribution in [3.63, 3.8) is 0 Å². The topological polar surface area (TPSA) is 87.7 Å². The Labute approximate surface area is 144 Å². The van der Waals surface area contributed by atoms with Gasteiger partial charge in [0, 0.05) is 19.6 Å². The van der Waals surface area contributed by atoms with Crippen molar-refractivity contribution < 1.29 is 32.3 Å². The number of halogens is 3. The van der Waals surface area contributed by atoms with E-state index in [0.717, 1.165) is 0 Å². The molecule has 1 fully saturated rings. The lowest BCUT2D eigenvalue weighted by atomic mass is 9.96. The predicted octanol–water partition coefficient (Wildman–Crippen LogP) is 1.43. The normalized spacial score (nSPS) is 16.3. The Kier molecular flexibility index (Phi) is 7.06. The maximum absolute atomic E-state index is 12.1. The molecular weight excluding hydrogens is 343 g/mol. The van der Waals surface area contributed by atoms with E-state index in [1.807, 2.05) is 5.32 Å². The first-order valence-corrected chi connectivity index (χ1v) is 7.98. The zero-order valence-electron chi connectivity index (χ0n) is 14.5. The zero-order chi connectivity index (χ0) is 19.3. The maximum Gasteiger partial charge on any atom is 0.471 e. The van der Waals surface area contributed by atoms with E-state index in [-0.39, 0.29) is 24.9 Å². The third kappa shape index (κ3) is 8.08. The number of amides is 3. The lowest BCUT2D eigenvalue weighted by Gasteiger charge is -2.32. The highest BCUT2D eigenvalue weighted by Crippen LogP contribution is 2.18. The molecule has 144 valence electrons. The van der Waals surface area contributed by atoms with E-state index in [9.17, 15) is 27.6 Å². The Morgan fingerprint density at radius 3 is 2.12 bits per heavy atom. The third-order valence-electron chi connectivity index (χ3n) is 3.56. The standard InChI is InChI=1S/C15H24F3N3O4/c1-14(2,3)25-13(24)20-9-11(22)21-6-4-10(5-7-21)8-19-12(23)15(16,17)18/h10H,4-9H2,1-3H3,(H,19,23)(H,20,24). The second-order valence-electron chi connectivity index (χ2n) is 6.89. The molecule has 0 aromatic rings. The highest BCUT2D eigenvalue weighted by Gasteiger charge is 2.38. The van der Waals surface area contributed by atoms with Crippen molar-refractivity contribution >= 4 is 17.9 Å². The summed E-state index contributed by atoms with van der Waals surface area (Å²) in [6.45, 7) is 5.56. The van der Waals surface area contributed by atoms with E-state index in [1.165, 1.54) is 4.90 Å². The van der Waals surface area contributed by atoms with E-state index in [2.05, 4.69) is 5.32 Å². The Hall–Kier alpha value is -2.00. The van der Waals surface area contributed by atoms with Gasteiger partial charge in [-0.1, -0.05) is 0 Å².